The highest BCUT2D eigenvalue weighted by atomic mass is 16.5. The first kappa shape index (κ1) is 14.3. The normalized spacial score (nSPS) is 21.8. The third-order valence-electron chi connectivity index (χ3n) is 3.57. The number of hydrogen-bond acceptors (Lipinski definition) is 5. The van der Waals surface area contributed by atoms with E-state index in [2.05, 4.69) is 4.98 Å². The molecule has 0 amide bonds. The zero-order valence-corrected chi connectivity index (χ0v) is 11.6. The van der Waals surface area contributed by atoms with Crippen molar-refractivity contribution >= 4 is 17.8 Å². The van der Waals surface area contributed by atoms with Crippen LogP contribution in [0.15, 0.2) is 18.3 Å². The predicted molar refractivity (Wildman–Crippen MR) is 72.8 cm³/mol. The Hall–Kier alpha value is -2.11. The second kappa shape index (κ2) is 5.48. The SMILES string of the molecule is CCOC(=O)c1cccnc1N1CCC(C)(C(=O)O)C1. The number of anilines is 1. The van der Waals surface area contributed by atoms with Crippen LogP contribution in [0.5, 0.6) is 0 Å². The fourth-order valence-electron chi connectivity index (χ4n) is 2.33. The largest absolute Gasteiger partial charge is 0.481 e. The number of hydrogen-bond donors (Lipinski definition) is 1. The zero-order valence-electron chi connectivity index (χ0n) is 11.6. The average molecular weight is 278 g/mol. The van der Waals surface area contributed by atoms with Crippen molar-refractivity contribution in [1.29, 1.82) is 0 Å². The average Bonchev–Trinajstić information content (AvgIpc) is 2.83. The number of carbonyl (C=O) groups is 2. The molecule has 6 heteroatoms. The molecule has 108 valence electrons. The molecule has 20 heavy (non-hydrogen) atoms. The molecule has 0 aliphatic carbocycles. The van der Waals surface area contributed by atoms with Crippen LogP contribution in [-0.4, -0.2) is 41.7 Å². The van der Waals surface area contributed by atoms with Gasteiger partial charge in [-0.25, -0.2) is 9.78 Å². The highest BCUT2D eigenvalue weighted by molar-refractivity contribution is 5.95. The van der Waals surface area contributed by atoms with Gasteiger partial charge in [-0.15, -0.1) is 0 Å². The summed E-state index contributed by atoms with van der Waals surface area (Å²) in [6.07, 6.45) is 2.12. The summed E-state index contributed by atoms with van der Waals surface area (Å²) < 4.78 is 5.01. The third-order valence-corrected chi connectivity index (χ3v) is 3.57. The van der Waals surface area contributed by atoms with E-state index in [4.69, 9.17) is 4.74 Å². The maximum atomic E-state index is 11.9. The first-order chi connectivity index (χ1) is 9.48. The van der Waals surface area contributed by atoms with E-state index in [1.165, 1.54) is 0 Å². The van der Waals surface area contributed by atoms with E-state index in [1.807, 2.05) is 4.90 Å². The number of ether oxygens (including phenoxy) is 1. The van der Waals surface area contributed by atoms with Crippen molar-refractivity contribution in [2.75, 3.05) is 24.6 Å². The molecule has 0 spiro atoms. The van der Waals surface area contributed by atoms with Gasteiger partial charge in [-0.05, 0) is 32.4 Å². The van der Waals surface area contributed by atoms with Gasteiger partial charge in [0, 0.05) is 19.3 Å². The molecular formula is C14H18N2O4. The summed E-state index contributed by atoms with van der Waals surface area (Å²) in [5, 5.41) is 9.26. The standard InChI is InChI=1S/C14H18N2O4/c1-3-20-12(17)10-5-4-7-15-11(10)16-8-6-14(2,9-16)13(18)19/h4-5,7H,3,6,8-9H2,1-2H3,(H,18,19). The number of nitrogens with zero attached hydrogens (tertiary/aromatic N) is 2. The van der Waals surface area contributed by atoms with Crippen molar-refractivity contribution in [3.63, 3.8) is 0 Å². The molecule has 1 N–H and O–H groups in total. The van der Waals surface area contributed by atoms with Crippen molar-refractivity contribution in [3.05, 3.63) is 23.9 Å². The van der Waals surface area contributed by atoms with Crippen LogP contribution < -0.4 is 4.90 Å². The van der Waals surface area contributed by atoms with Gasteiger partial charge in [-0.2, -0.15) is 0 Å². The third kappa shape index (κ3) is 2.59. The molecule has 0 bridgehead atoms. The fourth-order valence-corrected chi connectivity index (χ4v) is 2.33. The molecule has 1 atom stereocenters. The lowest BCUT2D eigenvalue weighted by Crippen LogP contribution is -2.32. The smallest absolute Gasteiger partial charge is 0.341 e. The van der Waals surface area contributed by atoms with E-state index >= 15 is 0 Å². The number of carboxylic acid groups (broad SMARTS) is 1. The lowest BCUT2D eigenvalue weighted by Gasteiger charge is -2.22. The Morgan fingerprint density at radius 2 is 2.30 bits per heavy atom. The van der Waals surface area contributed by atoms with E-state index in [9.17, 15) is 14.7 Å². The first-order valence-corrected chi connectivity index (χ1v) is 6.58. The molecule has 1 aliphatic heterocycles. The number of pyridine rings is 1. The van der Waals surface area contributed by atoms with Crippen LogP contribution in [0, 0.1) is 5.41 Å². The number of carbonyl (C=O) groups excluding carboxylic acids is 1. The van der Waals surface area contributed by atoms with Crippen LogP contribution in [0.25, 0.3) is 0 Å². The van der Waals surface area contributed by atoms with Gasteiger partial charge in [0.2, 0.25) is 0 Å². The summed E-state index contributed by atoms with van der Waals surface area (Å²) in [6, 6.07) is 3.32. The summed E-state index contributed by atoms with van der Waals surface area (Å²) in [4.78, 5) is 29.2. The van der Waals surface area contributed by atoms with Gasteiger partial charge in [0.05, 0.1) is 12.0 Å². The van der Waals surface area contributed by atoms with E-state index in [0.717, 1.165) is 0 Å². The van der Waals surface area contributed by atoms with Gasteiger partial charge in [-0.3, -0.25) is 4.79 Å². The van der Waals surface area contributed by atoms with Crippen LogP contribution in [0.3, 0.4) is 0 Å². The molecule has 2 rings (SSSR count). The van der Waals surface area contributed by atoms with Crippen LogP contribution in [0.4, 0.5) is 5.82 Å². The minimum Gasteiger partial charge on any atom is -0.481 e. The molecule has 1 unspecified atom stereocenters. The highest BCUT2D eigenvalue weighted by Gasteiger charge is 2.41. The van der Waals surface area contributed by atoms with Crippen LogP contribution in [0.1, 0.15) is 30.6 Å². The van der Waals surface area contributed by atoms with Gasteiger partial charge >= 0.3 is 11.9 Å². The Morgan fingerprint density at radius 3 is 2.90 bits per heavy atom. The van der Waals surface area contributed by atoms with Crippen molar-refractivity contribution in [3.8, 4) is 0 Å². The van der Waals surface area contributed by atoms with E-state index in [-0.39, 0.29) is 0 Å². The Labute approximate surface area is 117 Å². The highest BCUT2D eigenvalue weighted by Crippen LogP contribution is 2.33. The zero-order chi connectivity index (χ0) is 14.8. The maximum absolute atomic E-state index is 11.9. The quantitative estimate of drug-likeness (QED) is 0.842. The van der Waals surface area contributed by atoms with Gasteiger partial charge in [0.1, 0.15) is 11.4 Å². The molecule has 1 aromatic rings. The molecule has 1 saturated heterocycles. The van der Waals surface area contributed by atoms with E-state index in [1.54, 1.807) is 32.2 Å². The summed E-state index contributed by atoms with van der Waals surface area (Å²) in [6.45, 7) is 4.64. The second-order valence-corrected chi connectivity index (χ2v) is 5.13. The van der Waals surface area contributed by atoms with E-state index < -0.39 is 17.4 Å². The molecule has 1 aliphatic rings. The Morgan fingerprint density at radius 1 is 1.55 bits per heavy atom. The Kier molecular flexibility index (Phi) is 3.92. The molecule has 0 aromatic carbocycles. The Bertz CT molecular complexity index is 532. The summed E-state index contributed by atoms with van der Waals surface area (Å²) in [5.74, 6) is -0.760. The number of rotatable bonds is 4. The molecule has 1 fully saturated rings. The number of aromatic nitrogens is 1. The maximum Gasteiger partial charge on any atom is 0.341 e. The molecule has 0 radical (unpaired) electrons. The lowest BCUT2D eigenvalue weighted by molar-refractivity contribution is -0.146. The topological polar surface area (TPSA) is 79.7 Å². The van der Waals surface area contributed by atoms with Crippen molar-refractivity contribution in [2.24, 2.45) is 5.41 Å². The van der Waals surface area contributed by atoms with Crippen LogP contribution in [-0.2, 0) is 9.53 Å². The first-order valence-electron chi connectivity index (χ1n) is 6.58. The molecule has 1 aromatic heterocycles. The van der Waals surface area contributed by atoms with Crippen molar-refractivity contribution in [1.82, 2.24) is 4.98 Å². The monoisotopic (exact) mass is 278 g/mol. The number of carboxylic acids is 1. The number of aliphatic carboxylic acids is 1. The van der Waals surface area contributed by atoms with Gasteiger partial charge in [0.25, 0.3) is 0 Å². The van der Waals surface area contributed by atoms with E-state index in [0.29, 0.717) is 37.5 Å². The predicted octanol–water partition coefficient (Wildman–Crippen LogP) is 1.56. The van der Waals surface area contributed by atoms with Gasteiger partial charge in [-0.1, -0.05) is 0 Å². The summed E-state index contributed by atoms with van der Waals surface area (Å²) >= 11 is 0. The lowest BCUT2D eigenvalue weighted by atomic mass is 9.90. The minimum absolute atomic E-state index is 0.292. The summed E-state index contributed by atoms with van der Waals surface area (Å²) in [5.41, 5.74) is -0.423. The fraction of sp³-hybridized carbons (Fsp3) is 0.500. The number of esters is 1. The second-order valence-electron chi connectivity index (χ2n) is 5.13. The molecule has 2 heterocycles. The van der Waals surface area contributed by atoms with Gasteiger partial charge < -0.3 is 14.7 Å². The van der Waals surface area contributed by atoms with Crippen molar-refractivity contribution in [2.45, 2.75) is 20.3 Å². The molecule has 6 nitrogen and oxygen atoms in total. The van der Waals surface area contributed by atoms with Crippen molar-refractivity contribution < 1.29 is 19.4 Å². The molecular weight excluding hydrogens is 260 g/mol. The Balaban J connectivity index is 2.26. The van der Waals surface area contributed by atoms with Crippen LogP contribution in [0.2, 0.25) is 0 Å². The molecule has 0 saturated carbocycles. The van der Waals surface area contributed by atoms with Crippen LogP contribution >= 0.6 is 0 Å². The van der Waals surface area contributed by atoms with Gasteiger partial charge in [0.15, 0.2) is 0 Å². The summed E-state index contributed by atoms with van der Waals surface area (Å²) in [7, 11) is 0. The minimum atomic E-state index is -0.825.